The molecule has 0 aliphatic heterocycles. The van der Waals surface area contributed by atoms with Crippen LogP contribution in [0.25, 0.3) is 21.8 Å². The number of aromatic nitrogens is 2. The molecule has 0 saturated carbocycles. The van der Waals surface area contributed by atoms with Crippen LogP contribution in [0.4, 0.5) is 11.5 Å². The summed E-state index contributed by atoms with van der Waals surface area (Å²) in [5.74, 6) is 0.603. The Balaban J connectivity index is 1.80. The molecule has 0 aliphatic carbocycles. The number of fused-ring (bicyclic) bond motifs is 2. The molecule has 5 heteroatoms. The van der Waals surface area contributed by atoms with Crippen LogP contribution in [0.15, 0.2) is 70.9 Å². The molecule has 0 atom stereocenters. The van der Waals surface area contributed by atoms with Crippen LogP contribution in [0.5, 0.6) is 5.88 Å². The third kappa shape index (κ3) is 2.23. The van der Waals surface area contributed by atoms with Gasteiger partial charge in [-0.25, -0.2) is 4.98 Å². The number of aryl methyl sites for hydroxylation is 1. The molecule has 1 N–H and O–H groups in total. The van der Waals surface area contributed by atoms with Crippen molar-refractivity contribution >= 4 is 33.3 Å². The first kappa shape index (κ1) is 13.5. The minimum atomic E-state index is 0.0933. The average Bonchev–Trinajstić information content (AvgIpc) is 2.84. The largest absolute Gasteiger partial charge is 0.493 e. The SMILES string of the molecule is Cn1c(O)c(N=Nc2ccc3ccccc3n2)c2ccccc21. The van der Waals surface area contributed by atoms with Crippen molar-refractivity contribution in [3.63, 3.8) is 0 Å². The molecule has 112 valence electrons. The van der Waals surface area contributed by atoms with Crippen molar-refractivity contribution in [3.05, 3.63) is 60.7 Å². The van der Waals surface area contributed by atoms with E-state index in [0.29, 0.717) is 11.5 Å². The number of benzene rings is 2. The highest BCUT2D eigenvalue weighted by Gasteiger charge is 2.13. The first-order valence-electron chi connectivity index (χ1n) is 7.28. The lowest BCUT2D eigenvalue weighted by Crippen LogP contribution is -1.84. The summed E-state index contributed by atoms with van der Waals surface area (Å²) in [5.41, 5.74) is 2.23. The van der Waals surface area contributed by atoms with E-state index in [1.54, 1.807) is 11.6 Å². The molecule has 0 radical (unpaired) electrons. The molecule has 0 aliphatic rings. The molecular weight excluding hydrogens is 288 g/mol. The molecule has 0 unspecified atom stereocenters. The van der Waals surface area contributed by atoms with Gasteiger partial charge in [0.05, 0.1) is 11.0 Å². The fourth-order valence-electron chi connectivity index (χ4n) is 2.67. The number of para-hydroxylation sites is 2. The highest BCUT2D eigenvalue weighted by molar-refractivity contribution is 5.94. The number of rotatable bonds is 2. The summed E-state index contributed by atoms with van der Waals surface area (Å²) in [4.78, 5) is 4.46. The van der Waals surface area contributed by atoms with Crippen LogP contribution in [0.3, 0.4) is 0 Å². The number of azo groups is 1. The quantitative estimate of drug-likeness (QED) is 0.538. The van der Waals surface area contributed by atoms with Crippen molar-refractivity contribution in [1.82, 2.24) is 9.55 Å². The highest BCUT2D eigenvalue weighted by atomic mass is 16.3. The Labute approximate surface area is 132 Å². The first-order chi connectivity index (χ1) is 11.2. The maximum Gasteiger partial charge on any atom is 0.220 e. The zero-order valence-electron chi connectivity index (χ0n) is 12.5. The Morgan fingerprint density at radius 2 is 1.70 bits per heavy atom. The first-order valence-corrected chi connectivity index (χ1v) is 7.28. The summed E-state index contributed by atoms with van der Waals surface area (Å²) in [5, 5.41) is 20.6. The van der Waals surface area contributed by atoms with Gasteiger partial charge in [0.25, 0.3) is 0 Å². The number of aromatic hydroxyl groups is 1. The molecule has 5 nitrogen and oxygen atoms in total. The molecule has 0 fully saturated rings. The number of hydrogen-bond donors (Lipinski definition) is 1. The monoisotopic (exact) mass is 302 g/mol. The van der Waals surface area contributed by atoms with E-state index in [1.165, 1.54) is 0 Å². The van der Waals surface area contributed by atoms with Gasteiger partial charge in [0.1, 0.15) is 0 Å². The van der Waals surface area contributed by atoms with Crippen LogP contribution in [0.1, 0.15) is 0 Å². The van der Waals surface area contributed by atoms with Crippen LogP contribution < -0.4 is 0 Å². The molecular formula is C18H14N4O. The van der Waals surface area contributed by atoms with Gasteiger partial charge >= 0.3 is 0 Å². The van der Waals surface area contributed by atoms with Crippen LogP contribution in [0.2, 0.25) is 0 Å². The summed E-state index contributed by atoms with van der Waals surface area (Å²) in [7, 11) is 1.80. The minimum absolute atomic E-state index is 0.0933. The topological polar surface area (TPSA) is 62.8 Å². The van der Waals surface area contributed by atoms with E-state index >= 15 is 0 Å². The molecule has 0 amide bonds. The normalized spacial score (nSPS) is 11.7. The van der Waals surface area contributed by atoms with Crippen molar-refractivity contribution in [2.45, 2.75) is 0 Å². The predicted molar refractivity (Wildman–Crippen MR) is 90.5 cm³/mol. The maximum atomic E-state index is 10.3. The van der Waals surface area contributed by atoms with Crippen molar-refractivity contribution < 1.29 is 5.11 Å². The summed E-state index contributed by atoms with van der Waals surface area (Å²) in [6.45, 7) is 0. The zero-order valence-corrected chi connectivity index (χ0v) is 12.5. The molecule has 2 aromatic carbocycles. The van der Waals surface area contributed by atoms with Crippen molar-refractivity contribution in [3.8, 4) is 5.88 Å². The highest BCUT2D eigenvalue weighted by Crippen LogP contribution is 2.38. The van der Waals surface area contributed by atoms with Crippen molar-refractivity contribution in [2.24, 2.45) is 17.3 Å². The standard InChI is InChI=1S/C18H14N4O/c1-22-15-9-5-3-7-13(15)17(18(22)23)21-20-16-11-10-12-6-2-4-8-14(12)19-16/h2-11,23H,1H3. The van der Waals surface area contributed by atoms with Crippen LogP contribution in [0, 0.1) is 0 Å². The second-order valence-electron chi connectivity index (χ2n) is 5.31. The maximum absolute atomic E-state index is 10.3. The fraction of sp³-hybridized carbons (Fsp3) is 0.0556. The molecule has 2 heterocycles. The zero-order chi connectivity index (χ0) is 15.8. The van der Waals surface area contributed by atoms with Gasteiger partial charge in [-0.1, -0.05) is 36.4 Å². The van der Waals surface area contributed by atoms with E-state index in [1.807, 2.05) is 60.7 Å². The molecule has 23 heavy (non-hydrogen) atoms. The third-order valence-corrected chi connectivity index (χ3v) is 3.89. The molecule has 0 bridgehead atoms. The number of hydrogen-bond acceptors (Lipinski definition) is 4. The predicted octanol–water partition coefficient (Wildman–Crippen LogP) is 4.85. The average molecular weight is 302 g/mol. The Morgan fingerprint density at radius 3 is 2.61 bits per heavy atom. The lowest BCUT2D eigenvalue weighted by Gasteiger charge is -1.97. The summed E-state index contributed by atoms with van der Waals surface area (Å²) < 4.78 is 1.69. The van der Waals surface area contributed by atoms with E-state index < -0.39 is 0 Å². The lowest BCUT2D eigenvalue weighted by atomic mass is 10.2. The molecule has 0 saturated heterocycles. The van der Waals surface area contributed by atoms with Crippen molar-refractivity contribution in [1.29, 1.82) is 0 Å². The fourth-order valence-corrected chi connectivity index (χ4v) is 2.67. The Kier molecular flexibility index (Phi) is 3.05. The van der Waals surface area contributed by atoms with E-state index in [2.05, 4.69) is 15.2 Å². The van der Waals surface area contributed by atoms with Gasteiger partial charge < -0.3 is 9.67 Å². The summed E-state index contributed by atoms with van der Waals surface area (Å²) in [6.07, 6.45) is 0. The van der Waals surface area contributed by atoms with Gasteiger partial charge in [-0.15, -0.1) is 10.2 Å². The van der Waals surface area contributed by atoms with Crippen LogP contribution >= 0.6 is 0 Å². The molecule has 0 spiro atoms. The Morgan fingerprint density at radius 1 is 0.913 bits per heavy atom. The van der Waals surface area contributed by atoms with Gasteiger partial charge in [-0.05, 0) is 24.3 Å². The van der Waals surface area contributed by atoms with Gasteiger partial charge in [-0.2, -0.15) is 0 Å². The van der Waals surface area contributed by atoms with Gasteiger partial charge in [0.15, 0.2) is 11.5 Å². The Bertz CT molecular complexity index is 1050. The van der Waals surface area contributed by atoms with Gasteiger partial charge in [0.2, 0.25) is 5.88 Å². The van der Waals surface area contributed by atoms with Crippen LogP contribution in [-0.4, -0.2) is 14.7 Å². The van der Waals surface area contributed by atoms with E-state index in [9.17, 15) is 5.11 Å². The number of nitrogens with zero attached hydrogens (tertiary/aromatic N) is 4. The third-order valence-electron chi connectivity index (χ3n) is 3.89. The van der Waals surface area contributed by atoms with Gasteiger partial charge in [0, 0.05) is 17.8 Å². The Hall–Kier alpha value is -3.21. The molecule has 4 rings (SSSR count). The van der Waals surface area contributed by atoms with Crippen LogP contribution in [-0.2, 0) is 7.05 Å². The molecule has 2 aromatic heterocycles. The van der Waals surface area contributed by atoms with E-state index in [4.69, 9.17) is 0 Å². The summed E-state index contributed by atoms with van der Waals surface area (Å²) >= 11 is 0. The summed E-state index contributed by atoms with van der Waals surface area (Å²) in [6, 6.07) is 19.3. The number of pyridine rings is 1. The van der Waals surface area contributed by atoms with E-state index in [-0.39, 0.29) is 5.88 Å². The smallest absolute Gasteiger partial charge is 0.220 e. The van der Waals surface area contributed by atoms with Gasteiger partial charge in [-0.3, -0.25) is 0 Å². The van der Waals surface area contributed by atoms with Crippen molar-refractivity contribution in [2.75, 3.05) is 0 Å². The molecule has 4 aromatic rings. The second-order valence-corrected chi connectivity index (χ2v) is 5.31. The lowest BCUT2D eigenvalue weighted by molar-refractivity contribution is 0.436. The second kappa shape index (κ2) is 5.21. The minimum Gasteiger partial charge on any atom is -0.493 e. The van der Waals surface area contributed by atoms with E-state index in [0.717, 1.165) is 21.8 Å².